The molecule has 17 heteroatoms. The summed E-state index contributed by atoms with van der Waals surface area (Å²) in [4.78, 5) is 51.3. The van der Waals surface area contributed by atoms with Crippen molar-refractivity contribution in [3.63, 3.8) is 0 Å². The van der Waals surface area contributed by atoms with Crippen molar-refractivity contribution in [1.82, 2.24) is 0 Å². The van der Waals surface area contributed by atoms with Gasteiger partial charge in [-0.05, 0) is 0 Å². The largest absolute Gasteiger partial charge is 2.00 e. The summed E-state index contributed by atoms with van der Waals surface area (Å²) >= 11 is 0. The number of phosphoric acid groups is 2. The summed E-state index contributed by atoms with van der Waals surface area (Å²) < 4.78 is 17.1. The van der Waals surface area contributed by atoms with Crippen LogP contribution >= 0.6 is 15.6 Å². The van der Waals surface area contributed by atoms with Crippen molar-refractivity contribution in [1.29, 1.82) is 0 Å². The van der Waals surface area contributed by atoms with E-state index in [0.717, 1.165) is 0 Å². The van der Waals surface area contributed by atoms with Gasteiger partial charge in [0.25, 0.3) is 0 Å². The molecule has 0 unspecified atom stereocenters. The van der Waals surface area contributed by atoms with Gasteiger partial charge in [-0.1, -0.05) is 0 Å². The number of hydrogen-bond donors (Lipinski definition) is 0. The molecule has 12 nitrogen and oxygen atoms in total. The van der Waals surface area contributed by atoms with E-state index in [9.17, 15) is 0 Å². The standard InChI is InChI=1S/3Cu.2H3O4P.4H2O/c;;;2*1-5(2,3)4;;;;/h;;;2*(H3,1,2,3,4);4*1H2/q3*+2;;;;;;/p-6. The number of hydrogen-bond acceptors (Lipinski definition) is 8. The van der Waals surface area contributed by atoms with Gasteiger partial charge >= 0.3 is 51.2 Å². The normalized spacial score (nSPS) is 6.94. The fourth-order valence-electron chi connectivity index (χ4n) is 0. The third kappa shape index (κ3) is 1640. The van der Waals surface area contributed by atoms with Gasteiger partial charge in [0.2, 0.25) is 0 Å². The Morgan fingerprint density at radius 1 is 0.471 bits per heavy atom. The fourth-order valence-corrected chi connectivity index (χ4v) is 0. The zero-order valence-electron chi connectivity index (χ0n) is 7.06. The topological polar surface area (TPSA) is 298 Å². The van der Waals surface area contributed by atoms with Crippen molar-refractivity contribution >= 4 is 15.6 Å². The minimum atomic E-state index is -5.39. The van der Waals surface area contributed by atoms with E-state index in [2.05, 4.69) is 0 Å². The van der Waals surface area contributed by atoms with Gasteiger partial charge in [-0.3, -0.25) is 0 Å². The molecule has 0 spiro atoms. The molecule has 0 bridgehead atoms. The van der Waals surface area contributed by atoms with E-state index in [1.807, 2.05) is 0 Å². The first kappa shape index (κ1) is 62.5. The monoisotopic (exact) mass is 451 g/mol. The molecule has 0 heterocycles. The molecule has 0 aromatic heterocycles. The summed E-state index contributed by atoms with van der Waals surface area (Å²) in [7, 11) is -10.8. The van der Waals surface area contributed by atoms with Gasteiger partial charge in [0.15, 0.2) is 0 Å². The van der Waals surface area contributed by atoms with Crippen molar-refractivity contribution < 1.29 is 112 Å². The molecule has 0 saturated heterocycles. The predicted molar refractivity (Wildman–Crippen MR) is 29.7 cm³/mol. The fraction of sp³-hybridized carbons (Fsp3) is 0. The van der Waals surface area contributed by atoms with Crippen molar-refractivity contribution in [3.8, 4) is 0 Å². The maximum atomic E-state index is 8.55. The molecule has 0 fully saturated rings. The molecule has 0 rings (SSSR count). The molecule has 8 N–H and O–H groups in total. The Morgan fingerprint density at radius 3 is 0.471 bits per heavy atom. The van der Waals surface area contributed by atoms with E-state index in [-0.39, 0.29) is 73.1 Å². The van der Waals surface area contributed by atoms with Crippen LogP contribution < -0.4 is 29.4 Å². The molecule has 0 aliphatic rings. The third-order valence-corrected chi connectivity index (χ3v) is 0. The molecule has 123 valence electrons. The quantitative estimate of drug-likeness (QED) is 0.250. The van der Waals surface area contributed by atoms with Crippen LogP contribution in [0.4, 0.5) is 0 Å². The molecule has 0 aromatic rings. The van der Waals surface area contributed by atoms with Gasteiger partial charge in [-0.25, -0.2) is 0 Å². The first-order valence-corrected chi connectivity index (χ1v) is 4.38. The SMILES string of the molecule is O.O.O.O.O=P([O-])([O-])[O-].O=P([O-])([O-])[O-].[Cu+2].[Cu+2].[Cu+2]. The van der Waals surface area contributed by atoms with Gasteiger partial charge in [-0.2, -0.15) is 15.6 Å². The van der Waals surface area contributed by atoms with Crippen LogP contribution in [0.25, 0.3) is 0 Å². The Balaban J connectivity index is -0.00000000762. The van der Waals surface area contributed by atoms with Gasteiger partial charge in [0, 0.05) is 0 Å². The van der Waals surface area contributed by atoms with Gasteiger partial charge in [-0.15, -0.1) is 0 Å². The van der Waals surface area contributed by atoms with Crippen LogP contribution in [-0.4, -0.2) is 21.9 Å². The summed E-state index contributed by atoms with van der Waals surface area (Å²) in [5, 5.41) is 0. The molecule has 3 radical (unpaired) electrons. The molecule has 0 aromatic carbocycles. The zero-order valence-corrected chi connectivity index (χ0v) is 11.7. The van der Waals surface area contributed by atoms with Crippen LogP contribution in [0.15, 0.2) is 0 Å². The van der Waals surface area contributed by atoms with Crippen molar-refractivity contribution in [3.05, 3.63) is 0 Å². The second-order valence-electron chi connectivity index (χ2n) is 0.894. The molecule has 17 heavy (non-hydrogen) atoms. The average Bonchev–Trinajstić information content (AvgIpc) is 1.12. The summed E-state index contributed by atoms with van der Waals surface area (Å²) in [6, 6.07) is 0. The predicted octanol–water partition coefficient (Wildman–Crippen LogP) is -8.96. The summed E-state index contributed by atoms with van der Waals surface area (Å²) in [5.41, 5.74) is 0. The van der Waals surface area contributed by atoms with E-state index < -0.39 is 15.6 Å². The Hall–Kier alpha value is 1.62. The molecule has 0 aliphatic carbocycles. The molecule has 0 saturated carbocycles. The van der Waals surface area contributed by atoms with E-state index in [1.54, 1.807) is 0 Å². The van der Waals surface area contributed by atoms with Crippen molar-refractivity contribution in [2.24, 2.45) is 0 Å². The van der Waals surface area contributed by atoms with Gasteiger partial charge in [0.05, 0.1) is 0 Å². The maximum Gasteiger partial charge on any atom is 2.00 e. The summed E-state index contributed by atoms with van der Waals surface area (Å²) in [6.45, 7) is 0. The Bertz CT molecular complexity index is 132. The Labute approximate surface area is 127 Å². The first-order chi connectivity index (χ1) is 4.00. The second-order valence-corrected chi connectivity index (χ2v) is 2.68. The Morgan fingerprint density at radius 2 is 0.471 bits per heavy atom. The zero-order chi connectivity index (χ0) is 9.00. The minimum absolute atomic E-state index is 0. The van der Waals surface area contributed by atoms with Gasteiger partial charge < -0.3 is 60.4 Å². The third-order valence-electron chi connectivity index (χ3n) is 0. The van der Waals surface area contributed by atoms with E-state index in [0.29, 0.717) is 0 Å². The molecule has 0 amide bonds. The van der Waals surface area contributed by atoms with Crippen LogP contribution in [-0.2, 0) is 60.3 Å². The average molecular weight is 453 g/mol. The smallest absolute Gasteiger partial charge is 0.822 e. The van der Waals surface area contributed by atoms with Crippen LogP contribution in [0.3, 0.4) is 0 Å². The number of rotatable bonds is 0. The second kappa shape index (κ2) is 26.2. The molecular weight excluding hydrogens is 445 g/mol. The Kier molecular flexibility index (Phi) is 96.4. The van der Waals surface area contributed by atoms with E-state index in [1.165, 1.54) is 0 Å². The summed E-state index contributed by atoms with van der Waals surface area (Å²) in [6.07, 6.45) is 0. The van der Waals surface area contributed by atoms with E-state index in [4.69, 9.17) is 38.5 Å². The van der Waals surface area contributed by atoms with Crippen molar-refractivity contribution in [2.75, 3.05) is 0 Å². The van der Waals surface area contributed by atoms with Crippen molar-refractivity contribution in [2.45, 2.75) is 0 Å². The molecule has 0 atom stereocenters. The molecular formula is H8Cu3O12P2. The summed E-state index contributed by atoms with van der Waals surface area (Å²) in [5.74, 6) is 0. The van der Waals surface area contributed by atoms with Crippen LogP contribution in [0.5, 0.6) is 0 Å². The van der Waals surface area contributed by atoms with E-state index >= 15 is 0 Å². The maximum absolute atomic E-state index is 8.55. The van der Waals surface area contributed by atoms with Crippen LogP contribution in [0, 0.1) is 0 Å². The van der Waals surface area contributed by atoms with Crippen LogP contribution in [0.2, 0.25) is 0 Å². The molecule has 0 aliphatic heterocycles. The first-order valence-electron chi connectivity index (χ1n) is 1.46. The van der Waals surface area contributed by atoms with Crippen LogP contribution in [0.1, 0.15) is 0 Å². The van der Waals surface area contributed by atoms with Gasteiger partial charge in [0.1, 0.15) is 0 Å². The minimum Gasteiger partial charge on any atom is -0.822 e.